The number of aryl methyl sites for hydroxylation is 1. The quantitative estimate of drug-likeness (QED) is 0.239. The van der Waals surface area contributed by atoms with Crippen molar-refractivity contribution in [1.82, 2.24) is 14.9 Å². The van der Waals surface area contributed by atoms with Gasteiger partial charge in [-0.1, -0.05) is 6.92 Å². The molecule has 4 N–H and O–H groups in total. The number of pyridine rings is 2. The number of carbonyl (C=O) groups excluding carboxylic acids is 3. The fraction of sp³-hybridized carbons (Fsp3) is 0.485. The Hall–Kier alpha value is -4.00. The van der Waals surface area contributed by atoms with Gasteiger partial charge in [-0.2, -0.15) is 0 Å². The van der Waals surface area contributed by atoms with E-state index < -0.39 is 35.1 Å². The topological polar surface area (TPSA) is 163 Å². The van der Waals surface area contributed by atoms with E-state index >= 15 is 4.39 Å². The number of ketones is 1. The van der Waals surface area contributed by atoms with E-state index in [1.54, 1.807) is 24.5 Å². The molecule has 236 valence electrons. The predicted molar refractivity (Wildman–Crippen MR) is 160 cm³/mol. The molecule has 4 aliphatic rings. The van der Waals surface area contributed by atoms with E-state index in [1.807, 2.05) is 0 Å². The average Bonchev–Trinajstić information content (AvgIpc) is 3.80. The molecule has 0 bridgehead atoms. The molecule has 2 aliphatic heterocycles. The molecule has 2 aliphatic carbocycles. The number of aromatic nitrogens is 2. The molecule has 45 heavy (non-hydrogen) atoms. The lowest BCUT2D eigenvalue weighted by molar-refractivity contribution is -0.172. The summed E-state index contributed by atoms with van der Waals surface area (Å²) in [6, 6.07) is 2.53. The van der Waals surface area contributed by atoms with Crippen LogP contribution in [0, 0.1) is 18.7 Å². The van der Waals surface area contributed by atoms with Crippen LogP contribution in [-0.4, -0.2) is 51.6 Å². The SMILES string of the molecule is CC[C@@]1(O)C(=O)OCc2c1cc1n(c2=O)Cc2c-1nc1cc(F)c(C)c3c1c2[C@@H](NC(=O)C(OCCC(=O)CN)C1CC1)CC3. The number of rotatable bonds is 9. The summed E-state index contributed by atoms with van der Waals surface area (Å²) in [5.74, 6) is -1.57. The highest BCUT2D eigenvalue weighted by Crippen LogP contribution is 2.46. The number of Topliss-reactive ketones (excluding diaryl/α,β-unsaturated/α-hetero) is 1. The van der Waals surface area contributed by atoms with Crippen molar-refractivity contribution in [2.24, 2.45) is 11.7 Å². The standard InChI is InChI=1S/C33H35FN4O7/c1-3-33(43)21-10-25-28-19(13-38(25)31(41)20(21)14-45-32(33)42)27-23(7-6-18-15(2)22(34)11-24(36-28)26(18)27)37-30(40)29(16-4-5-16)44-9-8-17(39)12-35/h10-11,16,23,29,43H,3-9,12-14,35H2,1-2H3,(H,37,40)/t23-,29?,33-/m0/s1. The van der Waals surface area contributed by atoms with E-state index in [0.717, 1.165) is 34.9 Å². The summed E-state index contributed by atoms with van der Waals surface area (Å²) in [7, 11) is 0. The number of aliphatic hydroxyl groups is 1. The third-order valence-corrected chi connectivity index (χ3v) is 9.91. The van der Waals surface area contributed by atoms with E-state index in [9.17, 15) is 24.3 Å². The lowest BCUT2D eigenvalue weighted by atomic mass is 9.81. The molecular formula is C33H35FN4O7. The van der Waals surface area contributed by atoms with Crippen LogP contribution < -0.4 is 16.6 Å². The number of hydrogen-bond acceptors (Lipinski definition) is 9. The first kappa shape index (κ1) is 29.7. The van der Waals surface area contributed by atoms with Crippen LogP contribution in [0.4, 0.5) is 4.39 Å². The molecule has 1 amide bonds. The van der Waals surface area contributed by atoms with Crippen molar-refractivity contribution in [3.63, 3.8) is 0 Å². The van der Waals surface area contributed by atoms with Gasteiger partial charge in [-0.05, 0) is 67.7 Å². The van der Waals surface area contributed by atoms with Crippen molar-refractivity contribution >= 4 is 28.6 Å². The van der Waals surface area contributed by atoms with E-state index in [1.165, 1.54) is 6.07 Å². The van der Waals surface area contributed by atoms with Gasteiger partial charge in [0.1, 0.15) is 24.3 Å². The zero-order valence-corrected chi connectivity index (χ0v) is 25.2. The predicted octanol–water partition coefficient (Wildman–Crippen LogP) is 2.34. The first-order valence-electron chi connectivity index (χ1n) is 15.5. The second-order valence-corrected chi connectivity index (χ2v) is 12.5. The molecular weight excluding hydrogens is 583 g/mol. The third-order valence-electron chi connectivity index (χ3n) is 9.91. The van der Waals surface area contributed by atoms with Gasteiger partial charge in [0.05, 0.1) is 48.2 Å². The normalized spacial score (nSPS) is 22.0. The number of carbonyl (C=O) groups is 3. The van der Waals surface area contributed by atoms with Crippen molar-refractivity contribution < 1.29 is 33.4 Å². The summed E-state index contributed by atoms with van der Waals surface area (Å²) in [6.45, 7) is 3.30. The smallest absolute Gasteiger partial charge is 0.343 e. The van der Waals surface area contributed by atoms with E-state index in [2.05, 4.69) is 5.32 Å². The summed E-state index contributed by atoms with van der Waals surface area (Å²) in [6.07, 6.45) is 2.14. The van der Waals surface area contributed by atoms with E-state index in [0.29, 0.717) is 35.3 Å². The van der Waals surface area contributed by atoms with Gasteiger partial charge in [-0.25, -0.2) is 14.2 Å². The minimum absolute atomic E-state index is 0.0115. The molecule has 0 radical (unpaired) electrons. The summed E-state index contributed by atoms with van der Waals surface area (Å²) in [5, 5.41) is 15.2. The second-order valence-electron chi connectivity index (χ2n) is 12.5. The number of fused-ring (bicyclic) bond motifs is 5. The number of nitrogens with two attached hydrogens (primary N) is 1. The molecule has 11 nitrogen and oxygen atoms in total. The Balaban J connectivity index is 1.34. The molecule has 1 fully saturated rings. The maximum absolute atomic E-state index is 15.2. The molecule has 3 aromatic rings. The van der Waals surface area contributed by atoms with Gasteiger partial charge in [0.25, 0.3) is 5.56 Å². The fourth-order valence-electron chi connectivity index (χ4n) is 7.18. The van der Waals surface area contributed by atoms with Crippen LogP contribution in [0.5, 0.6) is 0 Å². The van der Waals surface area contributed by atoms with Crippen molar-refractivity contribution in [3.05, 3.63) is 61.7 Å². The molecule has 7 rings (SSSR count). The van der Waals surface area contributed by atoms with Gasteiger partial charge >= 0.3 is 5.97 Å². The first-order valence-corrected chi connectivity index (χ1v) is 15.5. The number of halogens is 1. The van der Waals surface area contributed by atoms with Crippen LogP contribution in [0.15, 0.2) is 16.9 Å². The first-order chi connectivity index (χ1) is 21.6. The highest BCUT2D eigenvalue weighted by atomic mass is 19.1. The van der Waals surface area contributed by atoms with Crippen molar-refractivity contribution in [2.45, 2.75) is 83.3 Å². The third kappa shape index (κ3) is 4.60. The molecule has 1 saturated carbocycles. The maximum atomic E-state index is 15.2. The van der Waals surface area contributed by atoms with Crippen LogP contribution in [0.3, 0.4) is 0 Å². The minimum atomic E-state index is -1.98. The molecule has 0 saturated heterocycles. The molecule has 12 heteroatoms. The number of ether oxygens (including phenoxy) is 2. The number of cyclic esters (lactones) is 1. The molecule has 1 unspecified atom stereocenters. The van der Waals surface area contributed by atoms with Crippen molar-refractivity contribution in [1.29, 1.82) is 0 Å². The van der Waals surface area contributed by atoms with Crippen LogP contribution in [-0.2, 0) is 49.0 Å². The van der Waals surface area contributed by atoms with Crippen LogP contribution in [0.1, 0.15) is 78.5 Å². The summed E-state index contributed by atoms with van der Waals surface area (Å²) in [4.78, 5) is 56.7. The number of nitrogens with one attached hydrogen (secondary N) is 1. The summed E-state index contributed by atoms with van der Waals surface area (Å²) < 4.78 is 27.8. The number of esters is 1. The largest absolute Gasteiger partial charge is 0.458 e. The fourth-order valence-corrected chi connectivity index (χ4v) is 7.18. The molecule has 2 aromatic heterocycles. The van der Waals surface area contributed by atoms with Gasteiger partial charge < -0.3 is 30.2 Å². The van der Waals surface area contributed by atoms with Crippen LogP contribution >= 0.6 is 0 Å². The van der Waals surface area contributed by atoms with Gasteiger partial charge in [-0.15, -0.1) is 0 Å². The molecule has 1 aromatic carbocycles. The number of amides is 1. The van der Waals surface area contributed by atoms with Gasteiger partial charge in [-0.3, -0.25) is 14.4 Å². The Bertz CT molecular complexity index is 1870. The lowest BCUT2D eigenvalue weighted by Gasteiger charge is -2.31. The molecule has 4 heterocycles. The Labute approximate surface area is 257 Å². The number of hydrogen-bond donors (Lipinski definition) is 3. The Morgan fingerprint density at radius 1 is 1.24 bits per heavy atom. The molecule has 3 atom stereocenters. The van der Waals surface area contributed by atoms with Gasteiger partial charge in [0, 0.05) is 29.0 Å². The lowest BCUT2D eigenvalue weighted by Crippen LogP contribution is -2.44. The van der Waals surface area contributed by atoms with Crippen LogP contribution in [0.25, 0.3) is 22.3 Å². The Morgan fingerprint density at radius 2 is 2.02 bits per heavy atom. The summed E-state index contributed by atoms with van der Waals surface area (Å²) >= 11 is 0. The van der Waals surface area contributed by atoms with Crippen molar-refractivity contribution in [2.75, 3.05) is 13.2 Å². The highest BCUT2D eigenvalue weighted by Gasteiger charge is 2.46. The highest BCUT2D eigenvalue weighted by molar-refractivity contribution is 5.94. The maximum Gasteiger partial charge on any atom is 0.343 e. The average molecular weight is 619 g/mol. The molecule has 0 spiro atoms. The zero-order chi connectivity index (χ0) is 31.8. The zero-order valence-electron chi connectivity index (χ0n) is 25.2. The monoisotopic (exact) mass is 618 g/mol. The van der Waals surface area contributed by atoms with Gasteiger partial charge in [0.15, 0.2) is 5.60 Å². The van der Waals surface area contributed by atoms with E-state index in [-0.39, 0.29) is 67.9 Å². The minimum Gasteiger partial charge on any atom is -0.458 e. The second kappa shape index (κ2) is 10.8. The Morgan fingerprint density at radius 3 is 2.73 bits per heavy atom. The van der Waals surface area contributed by atoms with Gasteiger partial charge in [0.2, 0.25) is 5.91 Å². The Kier molecular flexibility index (Phi) is 7.14. The number of nitrogens with zero attached hydrogens (tertiary/aromatic N) is 2. The summed E-state index contributed by atoms with van der Waals surface area (Å²) in [5.41, 5.74) is 7.55. The van der Waals surface area contributed by atoms with E-state index in [4.69, 9.17) is 20.2 Å². The van der Waals surface area contributed by atoms with Crippen molar-refractivity contribution in [3.8, 4) is 11.4 Å². The van der Waals surface area contributed by atoms with Crippen LogP contribution in [0.2, 0.25) is 0 Å². The number of benzene rings is 1.